The van der Waals surface area contributed by atoms with E-state index in [4.69, 9.17) is 22.1 Å². The van der Waals surface area contributed by atoms with Crippen LogP contribution in [-0.2, 0) is 4.79 Å². The van der Waals surface area contributed by atoms with Crippen LogP contribution in [0.15, 0.2) is 72.3 Å². The summed E-state index contributed by atoms with van der Waals surface area (Å²) >= 11 is 6.86. The number of carbonyl (C=O) groups is 1. The Morgan fingerprint density at radius 1 is 1.24 bits per heavy atom. The predicted molar refractivity (Wildman–Crippen MR) is 144 cm³/mol. The topological polar surface area (TPSA) is 47.4 Å². The van der Waals surface area contributed by atoms with E-state index in [1.165, 1.54) is 11.8 Å². The summed E-state index contributed by atoms with van der Waals surface area (Å²) in [5.41, 5.74) is 4.53. The molecule has 0 spiro atoms. The van der Waals surface area contributed by atoms with E-state index in [1.807, 2.05) is 73.3 Å². The van der Waals surface area contributed by atoms with Gasteiger partial charge in [0, 0.05) is 23.4 Å². The molecule has 0 saturated carbocycles. The van der Waals surface area contributed by atoms with Crippen LogP contribution in [0.5, 0.6) is 5.75 Å². The van der Waals surface area contributed by atoms with Crippen LogP contribution < -0.4 is 4.74 Å². The van der Waals surface area contributed by atoms with Crippen molar-refractivity contribution in [3.8, 4) is 22.7 Å². The van der Waals surface area contributed by atoms with E-state index in [1.54, 1.807) is 11.0 Å². The van der Waals surface area contributed by atoms with Crippen molar-refractivity contribution in [2.45, 2.75) is 33.2 Å². The molecule has 2 aromatic carbocycles. The highest BCUT2D eigenvalue weighted by Crippen LogP contribution is 2.37. The summed E-state index contributed by atoms with van der Waals surface area (Å²) in [7, 11) is 0. The van der Waals surface area contributed by atoms with Gasteiger partial charge in [0.15, 0.2) is 0 Å². The summed E-state index contributed by atoms with van der Waals surface area (Å²) < 4.78 is 8.18. The van der Waals surface area contributed by atoms with Crippen LogP contribution in [-0.4, -0.2) is 37.6 Å². The zero-order valence-corrected chi connectivity index (χ0v) is 21.2. The van der Waals surface area contributed by atoms with Crippen molar-refractivity contribution in [2.75, 3.05) is 6.61 Å². The number of nitrogens with zero attached hydrogens (tertiary/aromatic N) is 3. The maximum Gasteiger partial charge on any atom is 0.266 e. The maximum absolute atomic E-state index is 13.1. The number of benzene rings is 2. The van der Waals surface area contributed by atoms with Crippen LogP contribution in [0.3, 0.4) is 0 Å². The Balaban J connectivity index is 1.78. The third kappa shape index (κ3) is 4.86. The van der Waals surface area contributed by atoms with Crippen molar-refractivity contribution in [3.05, 3.63) is 83.4 Å². The third-order valence-corrected chi connectivity index (χ3v) is 7.04. The van der Waals surface area contributed by atoms with Crippen LogP contribution in [0, 0.1) is 6.92 Å². The van der Waals surface area contributed by atoms with Gasteiger partial charge < -0.3 is 4.74 Å². The van der Waals surface area contributed by atoms with Crippen molar-refractivity contribution in [1.29, 1.82) is 0 Å². The molecule has 1 atom stereocenters. The van der Waals surface area contributed by atoms with Gasteiger partial charge in [0.05, 0.1) is 10.6 Å². The number of hydrogen-bond donors (Lipinski definition) is 0. The molecule has 4 rings (SSSR count). The summed E-state index contributed by atoms with van der Waals surface area (Å²) in [6.45, 7) is 10.2. The minimum Gasteiger partial charge on any atom is -0.489 e. The first-order valence-electron chi connectivity index (χ1n) is 11.2. The molecule has 1 fully saturated rings. The fraction of sp³-hybridized carbons (Fsp3) is 0.222. The second kappa shape index (κ2) is 10.4. The quantitative estimate of drug-likeness (QED) is 0.208. The van der Waals surface area contributed by atoms with Crippen molar-refractivity contribution in [3.63, 3.8) is 0 Å². The molecule has 0 N–H and O–H groups in total. The normalized spacial score (nSPS) is 15.7. The lowest BCUT2D eigenvalue weighted by Crippen LogP contribution is -2.36. The molecular weight excluding hydrogens is 462 g/mol. The van der Waals surface area contributed by atoms with Gasteiger partial charge in [-0.15, -0.1) is 0 Å². The smallest absolute Gasteiger partial charge is 0.266 e. The molecule has 0 aliphatic carbocycles. The first-order valence-corrected chi connectivity index (χ1v) is 12.4. The first-order chi connectivity index (χ1) is 16.4. The Morgan fingerprint density at radius 3 is 2.68 bits per heavy atom. The fourth-order valence-corrected chi connectivity index (χ4v) is 5.17. The number of thioether (sulfide) groups is 1. The van der Waals surface area contributed by atoms with Gasteiger partial charge in [0.2, 0.25) is 0 Å². The van der Waals surface area contributed by atoms with Crippen molar-refractivity contribution >= 4 is 40.3 Å². The van der Waals surface area contributed by atoms with Crippen LogP contribution >= 0.6 is 24.0 Å². The lowest BCUT2D eigenvalue weighted by Gasteiger charge is -2.21. The van der Waals surface area contributed by atoms with Gasteiger partial charge in [-0.2, -0.15) is 5.10 Å². The Labute approximate surface area is 210 Å². The minimum atomic E-state index is -0.0490. The van der Waals surface area contributed by atoms with Gasteiger partial charge in [-0.3, -0.25) is 9.69 Å². The van der Waals surface area contributed by atoms with Gasteiger partial charge in [-0.25, -0.2) is 4.68 Å². The Kier molecular flexibility index (Phi) is 7.34. The molecule has 0 bridgehead atoms. The summed E-state index contributed by atoms with van der Waals surface area (Å²) in [6, 6.07) is 16.0. The molecule has 1 unspecified atom stereocenters. The second-order valence-electron chi connectivity index (χ2n) is 8.10. The van der Waals surface area contributed by atoms with E-state index < -0.39 is 0 Å². The Bertz CT molecular complexity index is 1260. The van der Waals surface area contributed by atoms with Crippen LogP contribution in [0.1, 0.15) is 31.4 Å². The highest BCUT2D eigenvalue weighted by Gasteiger charge is 2.35. The number of aryl methyl sites for hydroxylation is 1. The summed E-state index contributed by atoms with van der Waals surface area (Å²) in [4.78, 5) is 15.5. The largest absolute Gasteiger partial charge is 0.489 e. The lowest BCUT2D eigenvalue weighted by atomic mass is 10.0. The highest BCUT2D eigenvalue weighted by atomic mass is 32.2. The molecule has 1 aliphatic rings. The van der Waals surface area contributed by atoms with Crippen molar-refractivity contribution < 1.29 is 9.53 Å². The van der Waals surface area contributed by atoms with Crippen molar-refractivity contribution in [2.24, 2.45) is 0 Å². The number of aromatic nitrogens is 2. The van der Waals surface area contributed by atoms with Gasteiger partial charge in [0.1, 0.15) is 22.4 Å². The summed E-state index contributed by atoms with van der Waals surface area (Å²) in [6.07, 6.45) is 6.43. The molecule has 1 amide bonds. The molecule has 1 saturated heterocycles. The van der Waals surface area contributed by atoms with E-state index in [9.17, 15) is 4.79 Å². The zero-order chi connectivity index (χ0) is 24.2. The number of amides is 1. The number of hydrogen-bond acceptors (Lipinski definition) is 5. The van der Waals surface area contributed by atoms with Crippen LogP contribution in [0.4, 0.5) is 0 Å². The average molecular weight is 490 g/mol. The van der Waals surface area contributed by atoms with E-state index >= 15 is 0 Å². The number of carbonyl (C=O) groups excluding carboxylic acids is 1. The highest BCUT2D eigenvalue weighted by molar-refractivity contribution is 8.26. The fourth-order valence-electron chi connectivity index (χ4n) is 3.72. The monoisotopic (exact) mass is 489 g/mol. The number of thiocarbonyl (C=S) groups is 1. The van der Waals surface area contributed by atoms with Gasteiger partial charge in [-0.1, -0.05) is 61.8 Å². The molecule has 1 aliphatic heterocycles. The van der Waals surface area contributed by atoms with E-state index in [0.717, 1.165) is 40.2 Å². The summed E-state index contributed by atoms with van der Waals surface area (Å²) in [5, 5.41) is 4.89. The molecule has 174 valence electrons. The molecule has 0 radical (unpaired) electrons. The zero-order valence-electron chi connectivity index (χ0n) is 19.5. The Hall–Kier alpha value is -3.16. The standard InChI is InChI=1S/C27H27N3O2S2/c1-5-14-32-23-13-12-20(15-18(23)3)25-21(17-29(28-25)22-10-8-7-9-11-22)16-24-26(31)30(19(4)6-2)27(33)34-24/h5,7-13,15-17,19H,1,6,14H2,2-4H3/b24-16+. The molecule has 3 aromatic rings. The Morgan fingerprint density at radius 2 is 2.00 bits per heavy atom. The number of ether oxygens (including phenoxy) is 1. The third-order valence-electron chi connectivity index (χ3n) is 5.71. The predicted octanol–water partition coefficient (Wildman–Crippen LogP) is 6.41. The molecule has 5 nitrogen and oxygen atoms in total. The lowest BCUT2D eigenvalue weighted by molar-refractivity contribution is -0.123. The number of para-hydroxylation sites is 1. The van der Waals surface area contributed by atoms with Crippen LogP contribution in [0.25, 0.3) is 23.0 Å². The maximum atomic E-state index is 13.1. The first kappa shape index (κ1) is 24.0. The van der Waals surface area contributed by atoms with E-state index in [-0.39, 0.29) is 11.9 Å². The van der Waals surface area contributed by atoms with Gasteiger partial charge in [-0.05, 0) is 62.2 Å². The summed E-state index contributed by atoms with van der Waals surface area (Å²) in [5.74, 6) is 0.759. The minimum absolute atomic E-state index is 0.0490. The van der Waals surface area contributed by atoms with Crippen molar-refractivity contribution in [1.82, 2.24) is 14.7 Å². The van der Waals surface area contributed by atoms with E-state index in [0.29, 0.717) is 15.8 Å². The SMILES string of the molecule is C=CCOc1ccc(-c2nn(-c3ccccc3)cc2/C=C2/SC(=S)N(C(C)CC)C2=O)cc1C. The number of rotatable bonds is 8. The molecular formula is C27H27N3O2S2. The molecule has 1 aromatic heterocycles. The van der Waals surface area contributed by atoms with E-state index in [2.05, 4.69) is 19.6 Å². The van der Waals surface area contributed by atoms with Gasteiger partial charge in [0.25, 0.3) is 5.91 Å². The van der Waals surface area contributed by atoms with Crippen LogP contribution in [0.2, 0.25) is 0 Å². The molecule has 34 heavy (non-hydrogen) atoms. The average Bonchev–Trinajstić information content (AvgIpc) is 3.39. The molecule has 7 heteroatoms. The van der Waals surface area contributed by atoms with Gasteiger partial charge >= 0.3 is 0 Å². The second-order valence-corrected chi connectivity index (χ2v) is 9.78. The molecule has 2 heterocycles.